The molecule has 0 saturated heterocycles. The van der Waals surface area contributed by atoms with Crippen LogP contribution in [0.2, 0.25) is 0 Å². The van der Waals surface area contributed by atoms with Crippen LogP contribution in [0, 0.1) is 11.8 Å². The van der Waals surface area contributed by atoms with Crippen molar-refractivity contribution in [2.45, 2.75) is 6.42 Å². The van der Waals surface area contributed by atoms with Gasteiger partial charge in [-0.3, -0.25) is 4.79 Å². The number of aromatic amines is 1. The number of fused-ring (bicyclic) bond motifs is 1. The first-order valence-electron chi connectivity index (χ1n) is 7.02. The number of hydrogen-bond acceptors (Lipinski definition) is 4. The molecule has 0 bridgehead atoms. The molecule has 114 valence electrons. The maximum atomic E-state index is 11.2. The van der Waals surface area contributed by atoms with Gasteiger partial charge in [0, 0.05) is 19.7 Å². The van der Waals surface area contributed by atoms with Crippen molar-refractivity contribution in [3.8, 4) is 23.5 Å². The molecule has 2 aromatic heterocycles. The molecule has 2 N–H and O–H groups in total. The second-order valence-electron chi connectivity index (χ2n) is 4.69. The van der Waals surface area contributed by atoms with E-state index in [-0.39, 0.29) is 5.91 Å². The molecule has 0 unspecified atom stereocenters. The van der Waals surface area contributed by atoms with Gasteiger partial charge in [0.25, 0.3) is 5.91 Å². The lowest BCUT2D eigenvalue weighted by Crippen LogP contribution is -2.14. The van der Waals surface area contributed by atoms with E-state index in [4.69, 9.17) is 4.74 Å². The Bertz CT molecular complexity index is 891. The molecular formula is C17H14N4O2. The van der Waals surface area contributed by atoms with Gasteiger partial charge in [0.2, 0.25) is 5.88 Å². The minimum absolute atomic E-state index is 0.318. The monoisotopic (exact) mass is 306 g/mol. The van der Waals surface area contributed by atoms with Crippen molar-refractivity contribution in [1.29, 1.82) is 0 Å². The van der Waals surface area contributed by atoms with E-state index >= 15 is 0 Å². The number of ether oxygens (including phenoxy) is 1. The highest BCUT2D eigenvalue weighted by Crippen LogP contribution is 2.29. The van der Waals surface area contributed by atoms with Gasteiger partial charge in [-0.15, -0.1) is 0 Å². The molecule has 1 amide bonds. The Morgan fingerprint density at radius 1 is 1.30 bits per heavy atom. The molecule has 1 aromatic carbocycles. The second kappa shape index (κ2) is 6.62. The summed E-state index contributed by atoms with van der Waals surface area (Å²) in [6.07, 6.45) is 3.64. The number of amides is 1. The molecule has 0 aliphatic heterocycles. The van der Waals surface area contributed by atoms with Crippen molar-refractivity contribution >= 4 is 16.9 Å². The van der Waals surface area contributed by atoms with Gasteiger partial charge in [0.05, 0.1) is 5.39 Å². The van der Waals surface area contributed by atoms with E-state index in [1.165, 1.54) is 6.33 Å². The van der Waals surface area contributed by atoms with Gasteiger partial charge in [0.1, 0.15) is 17.7 Å². The Morgan fingerprint density at radius 2 is 2.13 bits per heavy atom. The minimum atomic E-state index is -0.318. The number of nitrogens with one attached hydrogen (secondary N) is 2. The summed E-state index contributed by atoms with van der Waals surface area (Å²) in [5.74, 6) is 6.17. The summed E-state index contributed by atoms with van der Waals surface area (Å²) in [7, 11) is 1.54. The highest BCUT2D eigenvalue weighted by molar-refractivity contribution is 5.93. The van der Waals surface area contributed by atoms with Gasteiger partial charge in [-0.25, -0.2) is 9.97 Å². The zero-order chi connectivity index (χ0) is 16.1. The summed E-state index contributed by atoms with van der Waals surface area (Å²) in [6, 6.07) is 9.40. The molecule has 6 nitrogen and oxygen atoms in total. The summed E-state index contributed by atoms with van der Waals surface area (Å²) >= 11 is 0. The van der Waals surface area contributed by atoms with Crippen molar-refractivity contribution in [2.24, 2.45) is 0 Å². The van der Waals surface area contributed by atoms with Crippen LogP contribution < -0.4 is 10.1 Å². The Morgan fingerprint density at radius 3 is 2.91 bits per heavy atom. The number of carbonyl (C=O) groups is 1. The molecule has 0 aliphatic carbocycles. The zero-order valence-electron chi connectivity index (χ0n) is 12.5. The third-order valence-corrected chi connectivity index (χ3v) is 3.18. The largest absolute Gasteiger partial charge is 0.438 e. The molecule has 6 heteroatoms. The van der Waals surface area contributed by atoms with Gasteiger partial charge in [0.15, 0.2) is 0 Å². The van der Waals surface area contributed by atoms with E-state index in [0.717, 1.165) is 10.9 Å². The molecule has 2 heterocycles. The minimum Gasteiger partial charge on any atom is -0.438 e. The van der Waals surface area contributed by atoms with Crippen molar-refractivity contribution in [3.63, 3.8) is 0 Å². The molecule has 3 rings (SSSR count). The lowest BCUT2D eigenvalue weighted by molar-refractivity contribution is -0.115. The lowest BCUT2D eigenvalue weighted by atomic mass is 10.2. The maximum Gasteiger partial charge on any atom is 0.295 e. The zero-order valence-corrected chi connectivity index (χ0v) is 12.5. The van der Waals surface area contributed by atoms with Gasteiger partial charge < -0.3 is 15.0 Å². The van der Waals surface area contributed by atoms with Crippen LogP contribution in [0.4, 0.5) is 0 Å². The number of nitrogens with zero attached hydrogens (tertiary/aromatic N) is 2. The molecule has 0 spiro atoms. The van der Waals surface area contributed by atoms with Crippen LogP contribution in [-0.4, -0.2) is 27.9 Å². The van der Waals surface area contributed by atoms with E-state index < -0.39 is 0 Å². The van der Waals surface area contributed by atoms with E-state index in [1.807, 2.05) is 30.3 Å². The van der Waals surface area contributed by atoms with E-state index in [0.29, 0.717) is 23.7 Å². The molecular weight excluding hydrogens is 292 g/mol. The first kappa shape index (κ1) is 14.6. The van der Waals surface area contributed by atoms with Crippen LogP contribution in [0.15, 0.2) is 42.9 Å². The highest BCUT2D eigenvalue weighted by Gasteiger charge is 2.12. The molecule has 0 atom stereocenters. The van der Waals surface area contributed by atoms with E-state index in [9.17, 15) is 4.79 Å². The summed E-state index contributed by atoms with van der Waals surface area (Å²) < 4.78 is 5.84. The van der Waals surface area contributed by atoms with Crippen molar-refractivity contribution < 1.29 is 9.53 Å². The number of benzene rings is 1. The second-order valence-corrected chi connectivity index (χ2v) is 4.69. The smallest absolute Gasteiger partial charge is 0.295 e. The Balaban J connectivity index is 1.94. The predicted octanol–water partition coefficient (Wildman–Crippen LogP) is 2.04. The van der Waals surface area contributed by atoms with Crippen LogP contribution >= 0.6 is 0 Å². The lowest BCUT2D eigenvalue weighted by Gasteiger charge is -2.06. The fourth-order valence-corrected chi connectivity index (χ4v) is 2.10. The highest BCUT2D eigenvalue weighted by atomic mass is 16.5. The fraction of sp³-hybridized carbons (Fsp3) is 0.118. The summed E-state index contributed by atoms with van der Waals surface area (Å²) in [5.41, 5.74) is 1.55. The van der Waals surface area contributed by atoms with Crippen LogP contribution in [0.1, 0.15) is 5.56 Å². The van der Waals surface area contributed by atoms with Gasteiger partial charge in [-0.05, 0) is 23.6 Å². The molecule has 0 fully saturated rings. The maximum absolute atomic E-state index is 11.2. The summed E-state index contributed by atoms with van der Waals surface area (Å²) in [5, 5.41) is 3.22. The number of rotatable bonds is 3. The number of aromatic nitrogens is 3. The number of para-hydroxylation sites is 1. The molecule has 23 heavy (non-hydrogen) atoms. The summed E-state index contributed by atoms with van der Waals surface area (Å²) in [4.78, 5) is 22.6. The SMILES string of the molecule is CNC(=O)C#CCc1c[nH]c2ncnc(Oc3ccccc3)c12. The quantitative estimate of drug-likeness (QED) is 0.726. The average Bonchev–Trinajstić information content (AvgIpc) is 3.00. The first-order valence-corrected chi connectivity index (χ1v) is 7.02. The Labute approximate surface area is 132 Å². The van der Waals surface area contributed by atoms with Crippen LogP contribution in [0.5, 0.6) is 11.6 Å². The average molecular weight is 306 g/mol. The molecule has 3 aromatic rings. The van der Waals surface area contributed by atoms with Gasteiger partial charge in [-0.1, -0.05) is 24.1 Å². The van der Waals surface area contributed by atoms with Crippen LogP contribution in [0.3, 0.4) is 0 Å². The van der Waals surface area contributed by atoms with Crippen molar-refractivity contribution in [3.05, 3.63) is 48.4 Å². The predicted molar refractivity (Wildman–Crippen MR) is 86.0 cm³/mol. The van der Waals surface area contributed by atoms with Crippen LogP contribution in [0.25, 0.3) is 11.0 Å². The van der Waals surface area contributed by atoms with Crippen molar-refractivity contribution in [1.82, 2.24) is 20.3 Å². The topological polar surface area (TPSA) is 79.9 Å². The summed E-state index contributed by atoms with van der Waals surface area (Å²) in [6.45, 7) is 0. The van der Waals surface area contributed by atoms with E-state index in [1.54, 1.807) is 13.2 Å². The standard InChI is InChI=1S/C17H14N4O2/c1-18-14(22)9-5-6-12-10-19-16-15(12)17(21-11-20-16)23-13-7-3-2-4-8-13/h2-4,7-8,10-11H,6H2,1H3,(H,18,22)(H,19,20,21). The van der Waals surface area contributed by atoms with Gasteiger partial charge >= 0.3 is 0 Å². The fourth-order valence-electron chi connectivity index (χ4n) is 2.10. The Kier molecular flexibility index (Phi) is 4.20. The number of hydrogen-bond donors (Lipinski definition) is 2. The third-order valence-electron chi connectivity index (χ3n) is 3.18. The molecule has 0 radical (unpaired) electrons. The first-order chi connectivity index (χ1) is 11.3. The third kappa shape index (κ3) is 3.30. The van der Waals surface area contributed by atoms with Crippen molar-refractivity contribution in [2.75, 3.05) is 7.05 Å². The Hall–Kier alpha value is -3.33. The van der Waals surface area contributed by atoms with Crippen LogP contribution in [-0.2, 0) is 11.2 Å². The molecule has 0 saturated carbocycles. The van der Waals surface area contributed by atoms with E-state index in [2.05, 4.69) is 32.1 Å². The van der Waals surface area contributed by atoms with Gasteiger partial charge in [-0.2, -0.15) is 0 Å². The number of H-pyrrole nitrogens is 1. The number of carbonyl (C=O) groups excluding carboxylic acids is 1. The molecule has 0 aliphatic rings. The normalized spacial score (nSPS) is 9.96.